The van der Waals surface area contributed by atoms with Gasteiger partial charge >= 0.3 is 14.4 Å². The zero-order valence-electron chi connectivity index (χ0n) is 11.6. The van der Waals surface area contributed by atoms with Crippen LogP contribution in [0.3, 0.4) is 0 Å². The number of primary amides is 1. The SMILES string of the molecule is CC(C)(C)CCC(O)([PH+]=O)C(CCC(N)=O)C(=O)O. The highest BCUT2D eigenvalue weighted by atomic mass is 31.1. The number of nitrogens with two attached hydrogens (primary N) is 1. The molecule has 3 unspecified atom stereocenters. The van der Waals surface area contributed by atoms with Crippen LogP contribution in [0.15, 0.2) is 0 Å². The first-order valence-electron chi connectivity index (χ1n) is 6.14. The van der Waals surface area contributed by atoms with Gasteiger partial charge in [0.1, 0.15) is 5.92 Å². The number of hydrogen-bond donors (Lipinski definition) is 3. The highest BCUT2D eigenvalue weighted by Crippen LogP contribution is 2.39. The van der Waals surface area contributed by atoms with Crippen LogP contribution in [0.4, 0.5) is 0 Å². The quantitative estimate of drug-likeness (QED) is 0.586. The third kappa shape index (κ3) is 6.64. The van der Waals surface area contributed by atoms with Gasteiger partial charge in [0.25, 0.3) is 5.34 Å². The molecule has 0 saturated heterocycles. The summed E-state index contributed by atoms with van der Waals surface area (Å²) in [6.07, 6.45) is 0.368. The molecule has 0 bridgehead atoms. The molecule has 19 heavy (non-hydrogen) atoms. The van der Waals surface area contributed by atoms with Crippen LogP contribution in [-0.2, 0) is 14.2 Å². The molecular weight excluding hydrogens is 269 g/mol. The molecule has 1 amide bonds. The Balaban J connectivity index is 4.94. The molecule has 0 aromatic carbocycles. The molecule has 3 atom stereocenters. The Morgan fingerprint density at radius 3 is 2.11 bits per heavy atom. The minimum atomic E-state index is -1.81. The maximum Gasteiger partial charge on any atom is 0.360 e. The van der Waals surface area contributed by atoms with Crippen molar-refractivity contribution in [2.24, 2.45) is 17.1 Å². The zero-order chi connectivity index (χ0) is 15.3. The van der Waals surface area contributed by atoms with Crippen LogP contribution in [0.1, 0.15) is 46.5 Å². The summed E-state index contributed by atoms with van der Waals surface area (Å²) in [7, 11) is -1.16. The predicted octanol–water partition coefficient (Wildman–Crippen LogP) is 1.49. The first-order valence-corrected chi connectivity index (χ1v) is 7.05. The second-order valence-corrected chi connectivity index (χ2v) is 7.05. The van der Waals surface area contributed by atoms with E-state index in [2.05, 4.69) is 0 Å². The molecule has 0 aliphatic heterocycles. The zero-order valence-corrected chi connectivity index (χ0v) is 12.6. The van der Waals surface area contributed by atoms with E-state index in [9.17, 15) is 19.3 Å². The van der Waals surface area contributed by atoms with Crippen molar-refractivity contribution in [3.8, 4) is 0 Å². The fourth-order valence-electron chi connectivity index (χ4n) is 1.72. The third-order valence-corrected chi connectivity index (χ3v) is 3.94. The summed E-state index contributed by atoms with van der Waals surface area (Å²) in [6, 6.07) is 0. The van der Waals surface area contributed by atoms with E-state index in [1.807, 2.05) is 20.8 Å². The van der Waals surface area contributed by atoms with Crippen LogP contribution < -0.4 is 5.73 Å². The van der Waals surface area contributed by atoms with Crippen molar-refractivity contribution >= 4 is 20.3 Å². The maximum atomic E-state index is 11.3. The fraction of sp³-hybridized carbons (Fsp3) is 0.833. The van der Waals surface area contributed by atoms with Crippen molar-refractivity contribution < 1.29 is 24.4 Å². The Morgan fingerprint density at radius 2 is 1.79 bits per heavy atom. The molecule has 6 nitrogen and oxygen atoms in total. The van der Waals surface area contributed by atoms with Gasteiger partial charge in [0.05, 0.1) is 0 Å². The van der Waals surface area contributed by atoms with Crippen molar-refractivity contribution in [2.75, 3.05) is 0 Å². The lowest BCUT2D eigenvalue weighted by Crippen LogP contribution is -2.39. The van der Waals surface area contributed by atoms with Gasteiger partial charge in [0, 0.05) is 12.8 Å². The lowest BCUT2D eigenvalue weighted by Gasteiger charge is -2.25. The van der Waals surface area contributed by atoms with Crippen molar-refractivity contribution in [1.82, 2.24) is 0 Å². The van der Waals surface area contributed by atoms with Crippen LogP contribution in [0.2, 0.25) is 0 Å². The lowest BCUT2D eigenvalue weighted by atomic mass is 9.85. The van der Waals surface area contributed by atoms with E-state index in [0.717, 1.165) is 0 Å². The van der Waals surface area contributed by atoms with Gasteiger partial charge in [0.2, 0.25) is 5.91 Å². The van der Waals surface area contributed by atoms with Gasteiger partial charge in [-0.1, -0.05) is 25.3 Å². The van der Waals surface area contributed by atoms with Crippen LogP contribution in [0.5, 0.6) is 0 Å². The molecule has 0 rings (SSSR count). The average molecular weight is 292 g/mol. The van der Waals surface area contributed by atoms with Crippen molar-refractivity contribution in [3.63, 3.8) is 0 Å². The molecule has 4 N–H and O–H groups in total. The molecule has 110 valence electrons. The molecular formula is C12H23NO5P+. The van der Waals surface area contributed by atoms with E-state index in [1.165, 1.54) is 0 Å². The average Bonchev–Trinajstić information content (AvgIpc) is 2.24. The second kappa shape index (κ2) is 6.96. The summed E-state index contributed by atoms with van der Waals surface area (Å²) in [5.41, 5.74) is 4.87. The van der Waals surface area contributed by atoms with Gasteiger partial charge < -0.3 is 15.9 Å². The normalized spacial score (nSPS) is 16.8. The van der Waals surface area contributed by atoms with Gasteiger partial charge in [-0.15, -0.1) is 0 Å². The number of hydrogen-bond acceptors (Lipinski definition) is 4. The second-order valence-electron chi connectivity index (χ2n) is 5.98. The first-order chi connectivity index (χ1) is 8.52. The number of amides is 1. The van der Waals surface area contributed by atoms with Gasteiger partial charge in [-0.25, -0.2) is 0 Å². The number of carbonyl (C=O) groups excluding carboxylic acids is 1. The van der Waals surface area contributed by atoms with Crippen molar-refractivity contribution in [2.45, 2.75) is 51.8 Å². The Bertz CT molecular complexity index is 353. The molecule has 0 fully saturated rings. The Hall–Kier alpha value is -1.00. The van der Waals surface area contributed by atoms with E-state index < -0.39 is 31.6 Å². The van der Waals surface area contributed by atoms with Gasteiger partial charge in [0.15, 0.2) is 0 Å². The number of carbonyl (C=O) groups is 2. The largest absolute Gasteiger partial charge is 0.481 e. The third-order valence-electron chi connectivity index (χ3n) is 2.99. The minimum absolute atomic E-state index is 0.105. The van der Waals surface area contributed by atoms with Gasteiger partial charge in [-0.05, 0) is 18.3 Å². The summed E-state index contributed by atoms with van der Waals surface area (Å²) < 4.78 is 11.3. The Morgan fingerprint density at radius 1 is 1.26 bits per heavy atom. The molecule has 0 aliphatic carbocycles. The number of rotatable bonds is 8. The molecule has 0 aromatic rings. The van der Waals surface area contributed by atoms with Gasteiger partial charge in [-0.3, -0.25) is 9.59 Å². The summed E-state index contributed by atoms with van der Waals surface area (Å²) in [4.78, 5) is 21.9. The topological polar surface area (TPSA) is 118 Å². The molecule has 0 heterocycles. The van der Waals surface area contributed by atoms with Crippen molar-refractivity contribution in [3.05, 3.63) is 0 Å². The number of aliphatic hydroxyl groups is 1. The molecule has 0 aliphatic rings. The van der Waals surface area contributed by atoms with Crippen molar-refractivity contribution in [1.29, 1.82) is 0 Å². The van der Waals surface area contributed by atoms with Gasteiger partial charge in [-0.2, -0.15) is 0 Å². The van der Waals surface area contributed by atoms with E-state index >= 15 is 0 Å². The fourth-order valence-corrected chi connectivity index (χ4v) is 2.35. The highest BCUT2D eigenvalue weighted by Gasteiger charge is 2.49. The number of carboxylic acids is 1. The van der Waals surface area contributed by atoms with Crippen LogP contribution in [-0.4, -0.2) is 27.4 Å². The van der Waals surface area contributed by atoms with E-state index in [1.54, 1.807) is 0 Å². The lowest BCUT2D eigenvalue weighted by molar-refractivity contribution is -0.148. The Labute approximate surface area is 114 Å². The monoisotopic (exact) mass is 292 g/mol. The standard InChI is InChI=1S/C12H22NO5P/c1-11(2,3)6-7-12(17,19-18)8(10(15)16)4-5-9(13)14/h8,17H,4-7H2,1-3H3,(H2,13,14)(H,15,16)/p+1. The number of aliphatic carboxylic acids is 1. The minimum Gasteiger partial charge on any atom is -0.481 e. The molecule has 7 heteroatoms. The smallest absolute Gasteiger partial charge is 0.360 e. The van der Waals surface area contributed by atoms with E-state index in [4.69, 9.17) is 10.8 Å². The summed E-state index contributed by atoms with van der Waals surface area (Å²) in [5, 5.41) is 17.6. The molecule has 0 saturated carbocycles. The van der Waals surface area contributed by atoms with Crippen LogP contribution >= 0.6 is 8.46 Å². The molecule has 0 aromatic heterocycles. The summed E-state index contributed by atoms with van der Waals surface area (Å²) >= 11 is 0. The summed E-state index contributed by atoms with van der Waals surface area (Å²) in [5.74, 6) is -3.15. The highest BCUT2D eigenvalue weighted by molar-refractivity contribution is 7.25. The maximum absolute atomic E-state index is 11.3. The van der Waals surface area contributed by atoms with Crippen LogP contribution in [0.25, 0.3) is 0 Å². The summed E-state index contributed by atoms with van der Waals surface area (Å²) in [6.45, 7) is 5.83. The van der Waals surface area contributed by atoms with E-state index in [0.29, 0.717) is 6.42 Å². The number of carboxylic acid groups (broad SMARTS) is 1. The molecule has 0 radical (unpaired) electrons. The molecule has 0 spiro atoms. The van der Waals surface area contributed by atoms with Crippen LogP contribution in [0, 0.1) is 11.3 Å². The first kappa shape index (κ1) is 18.0. The van der Waals surface area contributed by atoms with E-state index in [-0.39, 0.29) is 24.7 Å². The Kier molecular flexibility index (Phi) is 6.60. The predicted molar refractivity (Wildman–Crippen MR) is 72.2 cm³/mol.